The first-order valence-electron chi connectivity index (χ1n) is 5.42. The van der Waals surface area contributed by atoms with Crippen LogP contribution >= 0.6 is 22.8 Å². The third-order valence-corrected chi connectivity index (χ3v) is 5.83. The van der Waals surface area contributed by atoms with Crippen molar-refractivity contribution in [3.63, 3.8) is 0 Å². The molecule has 0 saturated heterocycles. The molecule has 3 atom stereocenters. The average Bonchev–Trinajstić information content (AvgIpc) is 2.35. The fraction of sp³-hybridized carbons (Fsp3) is 0.571. The summed E-state index contributed by atoms with van der Waals surface area (Å²) in [5.74, 6) is -1.51. The molecule has 0 bridgehead atoms. The molecular formula is C7H14O13P3+. The highest BCUT2D eigenvalue weighted by Crippen LogP contribution is 2.68. The van der Waals surface area contributed by atoms with Gasteiger partial charge in [0.1, 0.15) is 5.60 Å². The highest BCUT2D eigenvalue weighted by Gasteiger charge is 2.51. The number of phosphoric acid groups is 1. The Bertz CT molecular complexity index is 540. The minimum Gasteiger partial charge on any atom is -0.481 e. The van der Waals surface area contributed by atoms with Crippen molar-refractivity contribution in [2.24, 2.45) is 0 Å². The Morgan fingerprint density at radius 3 is 2.26 bits per heavy atom. The molecule has 0 saturated carbocycles. The van der Waals surface area contributed by atoms with Crippen LogP contribution in [-0.2, 0) is 37.2 Å². The van der Waals surface area contributed by atoms with E-state index in [9.17, 15) is 18.5 Å². The Balaban J connectivity index is 5.14. The molecule has 0 aliphatic rings. The maximum absolute atomic E-state index is 11.6. The highest BCUT2D eigenvalue weighted by molar-refractivity contribution is 8.20. The molecule has 134 valence electrons. The van der Waals surface area contributed by atoms with Crippen molar-refractivity contribution in [2.75, 3.05) is 6.61 Å². The number of carboxylic acids is 1. The van der Waals surface area contributed by atoms with E-state index in [0.717, 1.165) is 6.08 Å². The van der Waals surface area contributed by atoms with Gasteiger partial charge in [-0.1, -0.05) is 15.8 Å². The van der Waals surface area contributed by atoms with E-state index >= 15 is 0 Å². The summed E-state index contributed by atoms with van der Waals surface area (Å²) >= 11 is 0. The third-order valence-electron chi connectivity index (χ3n) is 2.24. The first-order valence-corrected chi connectivity index (χ1v) is 10.4. The molecule has 0 rings (SSSR count). The van der Waals surface area contributed by atoms with E-state index in [4.69, 9.17) is 25.0 Å². The van der Waals surface area contributed by atoms with Gasteiger partial charge in [0.2, 0.25) is 0 Å². The quantitative estimate of drug-likeness (QED) is 0.135. The van der Waals surface area contributed by atoms with Crippen molar-refractivity contribution < 1.29 is 62.3 Å². The van der Waals surface area contributed by atoms with E-state index in [0.29, 0.717) is 0 Å². The number of carboxylic acid groups (broad SMARTS) is 1. The van der Waals surface area contributed by atoms with E-state index in [1.54, 1.807) is 0 Å². The van der Waals surface area contributed by atoms with E-state index in [2.05, 4.69) is 25.3 Å². The summed E-state index contributed by atoms with van der Waals surface area (Å²) in [6, 6.07) is 0. The molecule has 0 aliphatic carbocycles. The molecule has 0 aliphatic heterocycles. The van der Waals surface area contributed by atoms with Crippen LogP contribution < -0.4 is 0 Å². The minimum atomic E-state index is -5.13. The van der Waals surface area contributed by atoms with Crippen molar-refractivity contribution in [2.45, 2.75) is 18.4 Å². The van der Waals surface area contributed by atoms with Gasteiger partial charge < -0.3 is 14.9 Å². The first-order chi connectivity index (χ1) is 10.4. The minimum absolute atomic E-state index is 0.643. The second-order valence-corrected chi connectivity index (χ2v) is 9.38. The molecule has 23 heavy (non-hydrogen) atoms. The molecule has 5 N–H and O–H groups in total. The van der Waals surface area contributed by atoms with Crippen LogP contribution in [0.2, 0.25) is 0 Å². The lowest BCUT2D eigenvalue weighted by Crippen LogP contribution is -2.33. The Morgan fingerprint density at radius 1 is 1.35 bits per heavy atom. The molecule has 0 amide bonds. The van der Waals surface area contributed by atoms with Gasteiger partial charge in [-0.2, -0.15) is 4.89 Å². The number of hydrogen-bond acceptors (Lipinski definition) is 9. The summed E-state index contributed by atoms with van der Waals surface area (Å²) in [7, 11) is -13.6. The van der Waals surface area contributed by atoms with Crippen LogP contribution in [0, 0.1) is 0 Å². The van der Waals surface area contributed by atoms with Crippen LogP contribution in [0.3, 0.4) is 0 Å². The van der Waals surface area contributed by atoms with Gasteiger partial charge >= 0.3 is 28.8 Å². The second kappa shape index (κ2) is 9.07. The predicted octanol–water partition coefficient (Wildman–Crippen LogP) is 1.17. The van der Waals surface area contributed by atoms with Gasteiger partial charge in [0.25, 0.3) is 0 Å². The number of carbonyl (C=O) groups is 1. The molecule has 3 unspecified atom stereocenters. The third kappa shape index (κ3) is 8.20. The van der Waals surface area contributed by atoms with Crippen molar-refractivity contribution in [3.05, 3.63) is 12.7 Å². The standard InChI is InChI=1S/C7H13O13P3/c1-2-7(5-6(8)9,18-22(13,14)15)3-4-17-23(16,20-19-10)21(11)12/h2H,1,3-5H2,(H4-,8,9,10,11,12,13,14,15)/p+1. The lowest BCUT2D eigenvalue weighted by atomic mass is 9.96. The Labute approximate surface area is 129 Å². The van der Waals surface area contributed by atoms with Crippen molar-refractivity contribution >= 4 is 28.8 Å². The van der Waals surface area contributed by atoms with E-state index in [-0.39, 0.29) is 0 Å². The molecule has 0 aromatic rings. The first kappa shape index (κ1) is 22.4. The number of hydrogen-bond donors (Lipinski definition) is 5. The predicted molar refractivity (Wildman–Crippen MR) is 71.1 cm³/mol. The molecule has 16 heteroatoms. The monoisotopic (exact) mass is 399 g/mol. The SMILES string of the molecule is C=CC(CCOP(=O)(OOO)[P+](=O)O)(CC(=O)O)OP(=O)(O)O. The van der Waals surface area contributed by atoms with Crippen molar-refractivity contribution in [3.8, 4) is 0 Å². The van der Waals surface area contributed by atoms with E-state index < -0.39 is 53.8 Å². The fourth-order valence-corrected chi connectivity index (χ4v) is 3.46. The Morgan fingerprint density at radius 2 is 1.91 bits per heavy atom. The molecule has 0 spiro atoms. The van der Waals surface area contributed by atoms with Crippen LogP contribution in [0.25, 0.3) is 0 Å². The van der Waals surface area contributed by atoms with Gasteiger partial charge in [-0.25, -0.2) is 14.4 Å². The molecule has 0 radical (unpaired) electrons. The van der Waals surface area contributed by atoms with Gasteiger partial charge in [0.05, 0.1) is 13.0 Å². The maximum Gasteiger partial charge on any atom is 0.635 e. The lowest BCUT2D eigenvalue weighted by molar-refractivity contribution is -0.441. The summed E-state index contributed by atoms with van der Waals surface area (Å²) < 4.78 is 45.8. The normalized spacial score (nSPS) is 17.8. The molecule has 0 fully saturated rings. The summed E-state index contributed by atoms with van der Waals surface area (Å²) in [5, 5.41) is 19.8. The zero-order valence-electron chi connectivity index (χ0n) is 11.2. The molecule has 13 nitrogen and oxygen atoms in total. The maximum atomic E-state index is 11.6. The number of phosphoric ester groups is 1. The van der Waals surface area contributed by atoms with Gasteiger partial charge in [0, 0.05) is 6.42 Å². The van der Waals surface area contributed by atoms with Crippen LogP contribution in [-0.4, -0.2) is 43.2 Å². The van der Waals surface area contributed by atoms with Gasteiger partial charge in [-0.05, 0) is 4.57 Å². The van der Waals surface area contributed by atoms with Gasteiger partial charge in [-0.15, -0.1) is 6.58 Å². The van der Waals surface area contributed by atoms with Crippen molar-refractivity contribution in [1.82, 2.24) is 0 Å². The molecule has 0 aromatic carbocycles. The topological polar surface area (TPSA) is 206 Å². The lowest BCUT2D eigenvalue weighted by Gasteiger charge is -2.28. The van der Waals surface area contributed by atoms with Gasteiger partial charge in [0.15, 0.2) is 0 Å². The summed E-state index contributed by atoms with van der Waals surface area (Å²) in [6.45, 7) is 2.38. The number of aliphatic carboxylic acids is 1. The average molecular weight is 399 g/mol. The molecule has 0 heterocycles. The number of rotatable bonds is 12. The summed E-state index contributed by atoms with van der Waals surface area (Å²) in [6.07, 6.45) is -0.815. The zero-order chi connectivity index (χ0) is 18.3. The van der Waals surface area contributed by atoms with Crippen LogP contribution in [0.4, 0.5) is 0 Å². The van der Waals surface area contributed by atoms with Crippen LogP contribution in [0.5, 0.6) is 0 Å². The largest absolute Gasteiger partial charge is 0.635 e. The van der Waals surface area contributed by atoms with E-state index in [1.807, 2.05) is 0 Å². The fourth-order valence-electron chi connectivity index (χ4n) is 1.35. The molecular weight excluding hydrogens is 385 g/mol. The summed E-state index contributed by atoms with van der Waals surface area (Å²) in [5.41, 5.74) is -2.13. The zero-order valence-corrected chi connectivity index (χ0v) is 13.9. The Hall–Kier alpha value is -0.550. The van der Waals surface area contributed by atoms with Crippen LogP contribution in [0.1, 0.15) is 12.8 Å². The second-order valence-electron chi connectivity index (χ2n) is 3.87. The summed E-state index contributed by atoms with van der Waals surface area (Å²) in [4.78, 5) is 37.2. The Kier molecular flexibility index (Phi) is 8.85. The molecule has 0 aromatic heterocycles. The van der Waals surface area contributed by atoms with Gasteiger partial charge in [-0.3, -0.25) is 13.8 Å². The van der Waals surface area contributed by atoms with Crippen LogP contribution in [0.15, 0.2) is 12.7 Å². The highest BCUT2D eigenvalue weighted by atomic mass is 32.1. The smallest absolute Gasteiger partial charge is 0.481 e. The van der Waals surface area contributed by atoms with Crippen molar-refractivity contribution in [1.29, 1.82) is 0 Å². The van der Waals surface area contributed by atoms with E-state index in [1.165, 1.54) is 0 Å².